The van der Waals surface area contributed by atoms with Gasteiger partial charge < -0.3 is 19.9 Å². The number of hydrogen-bond donors (Lipinski definition) is 2. The fourth-order valence-electron chi connectivity index (χ4n) is 5.04. The van der Waals surface area contributed by atoms with Crippen LogP contribution in [0.1, 0.15) is 44.8 Å². The predicted octanol–water partition coefficient (Wildman–Crippen LogP) is 6.13. The molecule has 1 fully saturated rings. The van der Waals surface area contributed by atoms with Gasteiger partial charge in [0, 0.05) is 61.8 Å². The summed E-state index contributed by atoms with van der Waals surface area (Å²) in [4.78, 5) is 31.4. The number of nitrogens with one attached hydrogen (secondary N) is 1. The van der Waals surface area contributed by atoms with Gasteiger partial charge in [-0.15, -0.1) is 0 Å². The van der Waals surface area contributed by atoms with Gasteiger partial charge in [-0.1, -0.05) is 29.8 Å². The molecule has 1 aliphatic rings. The Labute approximate surface area is 234 Å². The zero-order chi connectivity index (χ0) is 28.1. The van der Waals surface area contributed by atoms with Crippen molar-refractivity contribution in [2.45, 2.75) is 31.8 Å². The van der Waals surface area contributed by atoms with Gasteiger partial charge in [-0.3, -0.25) is 9.59 Å². The normalized spacial score (nSPS) is 13.6. The number of ketones is 2. The van der Waals surface area contributed by atoms with Gasteiger partial charge in [-0.25, -0.2) is 4.85 Å². The summed E-state index contributed by atoms with van der Waals surface area (Å²) in [6.07, 6.45) is 3.69. The van der Waals surface area contributed by atoms with E-state index in [1.54, 1.807) is 6.07 Å². The molecule has 1 saturated heterocycles. The summed E-state index contributed by atoms with van der Waals surface area (Å²) < 4.78 is 1.82. The fourth-order valence-corrected chi connectivity index (χ4v) is 5.04. The maximum absolute atomic E-state index is 13.0. The van der Waals surface area contributed by atoms with Crippen LogP contribution in [0, 0.1) is 6.57 Å². The molecule has 7 nitrogen and oxygen atoms in total. The molecule has 0 aliphatic carbocycles. The number of Topliss-reactive ketones (excluding diaryl/α,β-unsaturated/α-hetero) is 2. The van der Waals surface area contributed by atoms with Crippen LogP contribution in [-0.2, 0) is 19.9 Å². The van der Waals surface area contributed by atoms with E-state index in [0.29, 0.717) is 29.1 Å². The Bertz CT molecular complexity index is 1540. The number of piperidine rings is 1. The topological polar surface area (TPSA) is 78.9 Å². The highest BCUT2D eigenvalue weighted by Crippen LogP contribution is 2.30. The molecule has 40 heavy (non-hydrogen) atoms. The average molecular weight is 533 g/mol. The number of aromatic nitrogens is 1. The van der Waals surface area contributed by atoms with E-state index in [-0.39, 0.29) is 24.1 Å². The van der Waals surface area contributed by atoms with Crippen molar-refractivity contribution in [3.05, 3.63) is 119 Å². The molecular weight excluding hydrogens is 500 g/mol. The van der Waals surface area contributed by atoms with Gasteiger partial charge in [0.25, 0.3) is 0 Å². The van der Waals surface area contributed by atoms with E-state index >= 15 is 0 Å². The van der Waals surface area contributed by atoms with Crippen LogP contribution in [0.15, 0.2) is 85.1 Å². The van der Waals surface area contributed by atoms with E-state index in [2.05, 4.69) is 15.1 Å². The number of nitrogens with zero attached hydrogens (tertiary/aromatic N) is 3. The Balaban J connectivity index is 1.20. The second-order valence-electron chi connectivity index (χ2n) is 10.3. The standard InChI is InChI=1S/C33H32N4O3/c1-34-30-20-24(22-32(39)25-8-12-27(13-9-25)37-18-15-28(38)16-19-37)7-14-29(30)35-26-10-5-23(6-11-26)21-33(40)31-4-3-17-36(31)2/h3-14,17,20,28,35,38H,15-16,18-19,21-22H2,2H3. The second kappa shape index (κ2) is 12.0. The molecule has 0 radical (unpaired) electrons. The van der Waals surface area contributed by atoms with Crippen LogP contribution in [0.2, 0.25) is 0 Å². The lowest BCUT2D eigenvalue weighted by Crippen LogP contribution is -2.35. The van der Waals surface area contributed by atoms with E-state index < -0.39 is 0 Å². The lowest BCUT2D eigenvalue weighted by atomic mass is 10.0. The number of aryl methyl sites for hydroxylation is 1. The lowest BCUT2D eigenvalue weighted by Gasteiger charge is -2.31. The molecule has 0 bridgehead atoms. The van der Waals surface area contributed by atoms with Gasteiger partial charge in [0.05, 0.1) is 18.4 Å². The first-order chi connectivity index (χ1) is 19.4. The van der Waals surface area contributed by atoms with Crippen LogP contribution >= 0.6 is 0 Å². The number of carbonyl (C=O) groups excluding carboxylic acids is 2. The number of hydrogen-bond acceptors (Lipinski definition) is 5. The second-order valence-corrected chi connectivity index (χ2v) is 10.3. The summed E-state index contributed by atoms with van der Waals surface area (Å²) in [5.41, 5.74) is 5.99. The molecule has 202 valence electrons. The Morgan fingerprint density at radius 2 is 1.60 bits per heavy atom. The minimum absolute atomic E-state index is 0.00210. The fraction of sp³-hybridized carbons (Fsp3) is 0.242. The van der Waals surface area contributed by atoms with Crippen molar-refractivity contribution >= 4 is 34.3 Å². The van der Waals surface area contributed by atoms with Crippen molar-refractivity contribution in [1.82, 2.24) is 4.57 Å². The van der Waals surface area contributed by atoms with Crippen molar-refractivity contribution in [2.75, 3.05) is 23.3 Å². The molecule has 0 spiro atoms. The molecule has 0 saturated carbocycles. The highest BCUT2D eigenvalue weighted by molar-refractivity contribution is 5.98. The summed E-state index contributed by atoms with van der Waals surface area (Å²) in [5, 5.41) is 13.0. The van der Waals surface area contributed by atoms with Crippen LogP contribution in [0.4, 0.5) is 22.7 Å². The van der Waals surface area contributed by atoms with Crippen molar-refractivity contribution in [3.8, 4) is 0 Å². The molecular formula is C33H32N4O3. The molecule has 3 aromatic carbocycles. The average Bonchev–Trinajstić information content (AvgIpc) is 3.41. The van der Waals surface area contributed by atoms with Gasteiger partial charge >= 0.3 is 0 Å². The minimum Gasteiger partial charge on any atom is -0.393 e. The van der Waals surface area contributed by atoms with Crippen LogP contribution in [0.25, 0.3) is 4.85 Å². The number of rotatable bonds is 9. The number of carbonyl (C=O) groups is 2. The van der Waals surface area contributed by atoms with Gasteiger partial charge in [-0.05, 0) is 73.0 Å². The number of aliphatic hydroxyl groups is 1. The zero-order valence-electron chi connectivity index (χ0n) is 22.5. The Morgan fingerprint density at radius 1 is 0.925 bits per heavy atom. The molecule has 7 heteroatoms. The third kappa shape index (κ3) is 6.31. The quantitative estimate of drug-likeness (QED) is 0.200. The number of benzene rings is 3. The number of anilines is 3. The highest BCUT2D eigenvalue weighted by atomic mass is 16.3. The van der Waals surface area contributed by atoms with E-state index in [1.807, 2.05) is 90.6 Å². The maximum atomic E-state index is 13.0. The third-order valence-corrected chi connectivity index (χ3v) is 7.39. The largest absolute Gasteiger partial charge is 0.393 e. The number of aliphatic hydroxyl groups excluding tert-OH is 1. The summed E-state index contributed by atoms with van der Waals surface area (Å²) >= 11 is 0. The molecule has 5 rings (SSSR count). The first kappa shape index (κ1) is 26.9. The predicted molar refractivity (Wildman–Crippen MR) is 158 cm³/mol. The molecule has 2 N–H and O–H groups in total. The third-order valence-electron chi connectivity index (χ3n) is 7.39. The van der Waals surface area contributed by atoms with Crippen molar-refractivity contribution < 1.29 is 14.7 Å². The van der Waals surface area contributed by atoms with Crippen molar-refractivity contribution in [1.29, 1.82) is 0 Å². The van der Waals surface area contributed by atoms with Crippen LogP contribution < -0.4 is 10.2 Å². The summed E-state index contributed by atoms with van der Waals surface area (Å²) in [6.45, 7) is 9.29. The molecule has 0 atom stereocenters. The lowest BCUT2D eigenvalue weighted by molar-refractivity contribution is 0.0980. The first-order valence-corrected chi connectivity index (χ1v) is 13.5. The molecule has 2 heterocycles. The maximum Gasteiger partial charge on any atom is 0.210 e. The van der Waals surface area contributed by atoms with Crippen LogP contribution in [-0.4, -0.2) is 40.4 Å². The van der Waals surface area contributed by atoms with Crippen molar-refractivity contribution in [2.24, 2.45) is 7.05 Å². The molecule has 0 amide bonds. The van der Waals surface area contributed by atoms with Gasteiger partial charge in [0.15, 0.2) is 11.6 Å². The van der Waals surface area contributed by atoms with E-state index in [1.165, 1.54) is 0 Å². The van der Waals surface area contributed by atoms with Gasteiger partial charge in [-0.2, -0.15) is 0 Å². The SMILES string of the molecule is [C-]#[N+]c1cc(CC(=O)c2ccc(N3CCC(O)CC3)cc2)ccc1Nc1ccc(CC(=O)c2cccn2C)cc1. The van der Waals surface area contributed by atoms with E-state index in [4.69, 9.17) is 6.57 Å². The van der Waals surface area contributed by atoms with E-state index in [0.717, 1.165) is 48.4 Å². The van der Waals surface area contributed by atoms with Crippen LogP contribution in [0.3, 0.4) is 0 Å². The summed E-state index contributed by atoms with van der Waals surface area (Å²) in [7, 11) is 1.86. The van der Waals surface area contributed by atoms with Crippen molar-refractivity contribution in [3.63, 3.8) is 0 Å². The van der Waals surface area contributed by atoms with Gasteiger partial charge in [0.1, 0.15) is 0 Å². The minimum atomic E-state index is -0.221. The Kier molecular flexibility index (Phi) is 8.09. The van der Waals surface area contributed by atoms with Gasteiger partial charge in [0.2, 0.25) is 5.69 Å². The Hall–Kier alpha value is -4.67. The monoisotopic (exact) mass is 532 g/mol. The highest BCUT2D eigenvalue weighted by Gasteiger charge is 2.18. The summed E-state index contributed by atoms with van der Waals surface area (Å²) in [5.74, 6) is 0.0602. The molecule has 4 aromatic rings. The molecule has 1 aliphatic heterocycles. The molecule has 0 unspecified atom stereocenters. The summed E-state index contributed by atoms with van der Waals surface area (Å²) in [6, 6.07) is 24.4. The zero-order valence-corrected chi connectivity index (χ0v) is 22.5. The molecule has 1 aromatic heterocycles. The first-order valence-electron chi connectivity index (χ1n) is 13.5. The smallest absolute Gasteiger partial charge is 0.210 e. The van der Waals surface area contributed by atoms with Crippen LogP contribution in [0.5, 0.6) is 0 Å². The van der Waals surface area contributed by atoms with E-state index in [9.17, 15) is 14.7 Å². The Morgan fingerprint density at radius 3 is 2.25 bits per heavy atom.